The fourth-order valence-corrected chi connectivity index (χ4v) is 3.67. The Kier molecular flexibility index (Phi) is 4.72. The summed E-state index contributed by atoms with van der Waals surface area (Å²) in [4.78, 5) is 11.0. The van der Waals surface area contributed by atoms with Gasteiger partial charge in [0.1, 0.15) is 5.82 Å². The van der Waals surface area contributed by atoms with Gasteiger partial charge in [-0.25, -0.2) is 18.4 Å². The molecule has 2 N–H and O–H groups in total. The van der Waals surface area contributed by atoms with Crippen molar-refractivity contribution in [2.24, 2.45) is 10.7 Å². The normalized spacial score (nSPS) is 17.7. The van der Waals surface area contributed by atoms with E-state index in [2.05, 4.69) is 28.4 Å². The minimum absolute atomic E-state index is 0.265. The standard InChI is InChI=1S/C18H23N5O2S/c1-12(2)23-13(3)20-11-17(23)16-9-10-22(18(19)21-16)14-5-7-15(8-6-14)26(4,24)25/h5-12,18H,19H2,1-4H3. The highest BCUT2D eigenvalue weighted by Gasteiger charge is 2.21. The summed E-state index contributed by atoms with van der Waals surface area (Å²) >= 11 is 0. The van der Waals surface area contributed by atoms with Crippen LogP contribution in [0.2, 0.25) is 0 Å². The van der Waals surface area contributed by atoms with E-state index in [-0.39, 0.29) is 10.9 Å². The van der Waals surface area contributed by atoms with Crippen molar-refractivity contribution in [1.82, 2.24) is 9.55 Å². The van der Waals surface area contributed by atoms with Gasteiger partial charge in [-0.2, -0.15) is 0 Å². The van der Waals surface area contributed by atoms with Crippen LogP contribution >= 0.6 is 0 Å². The molecule has 0 saturated heterocycles. The maximum absolute atomic E-state index is 11.6. The second kappa shape index (κ2) is 6.69. The molecule has 0 amide bonds. The first-order valence-electron chi connectivity index (χ1n) is 8.32. The van der Waals surface area contributed by atoms with Crippen molar-refractivity contribution < 1.29 is 8.42 Å². The van der Waals surface area contributed by atoms with E-state index >= 15 is 0 Å². The molecule has 2 heterocycles. The number of benzene rings is 1. The Morgan fingerprint density at radius 2 is 1.85 bits per heavy atom. The fraction of sp³-hybridized carbons (Fsp3) is 0.333. The SMILES string of the molecule is Cc1ncc(C2=NC(N)N(c3ccc(S(C)(=O)=O)cc3)C=C2)n1C(C)C. The maximum Gasteiger partial charge on any atom is 0.178 e. The topological polar surface area (TPSA) is 93.6 Å². The molecule has 1 aliphatic rings. The number of aliphatic imine (C=N–C) groups is 1. The Bertz CT molecular complexity index is 972. The lowest BCUT2D eigenvalue weighted by Crippen LogP contribution is -2.40. The second-order valence-corrected chi connectivity index (χ2v) is 8.59. The molecule has 0 aliphatic carbocycles. The van der Waals surface area contributed by atoms with Crippen molar-refractivity contribution in [1.29, 1.82) is 0 Å². The molecule has 8 heteroatoms. The van der Waals surface area contributed by atoms with E-state index in [1.165, 1.54) is 6.26 Å². The number of hydrogen-bond acceptors (Lipinski definition) is 6. The third kappa shape index (κ3) is 3.42. The van der Waals surface area contributed by atoms with Crippen LogP contribution in [0.3, 0.4) is 0 Å². The van der Waals surface area contributed by atoms with Gasteiger partial charge in [-0.05, 0) is 51.1 Å². The maximum atomic E-state index is 11.6. The van der Waals surface area contributed by atoms with Crippen LogP contribution in [0.15, 0.2) is 52.6 Å². The molecular formula is C18H23N5O2S. The summed E-state index contributed by atoms with van der Waals surface area (Å²) in [5.74, 6) is 0.929. The number of rotatable bonds is 4. The number of nitrogens with two attached hydrogens (primary N) is 1. The second-order valence-electron chi connectivity index (χ2n) is 6.57. The summed E-state index contributed by atoms with van der Waals surface area (Å²) in [5, 5.41) is 0. The van der Waals surface area contributed by atoms with E-state index in [9.17, 15) is 8.42 Å². The molecule has 138 valence electrons. The third-order valence-electron chi connectivity index (χ3n) is 4.27. The van der Waals surface area contributed by atoms with Crippen LogP contribution in [0.1, 0.15) is 31.4 Å². The van der Waals surface area contributed by atoms with E-state index in [4.69, 9.17) is 5.73 Å². The molecular weight excluding hydrogens is 350 g/mol. The molecule has 0 saturated carbocycles. The summed E-state index contributed by atoms with van der Waals surface area (Å²) < 4.78 is 25.3. The molecule has 1 aromatic carbocycles. The fourth-order valence-electron chi connectivity index (χ4n) is 3.04. The first-order chi connectivity index (χ1) is 12.2. The van der Waals surface area contributed by atoms with Crippen LogP contribution in [0.4, 0.5) is 5.69 Å². The number of imidazole rings is 1. The third-order valence-corrected chi connectivity index (χ3v) is 5.40. The van der Waals surface area contributed by atoms with Crippen LogP contribution in [-0.2, 0) is 9.84 Å². The Hall–Kier alpha value is -2.45. The summed E-state index contributed by atoms with van der Waals surface area (Å²) in [6, 6.07) is 6.86. The first-order valence-corrected chi connectivity index (χ1v) is 10.2. The average Bonchev–Trinajstić information content (AvgIpc) is 2.96. The Labute approximate surface area is 153 Å². The zero-order valence-electron chi connectivity index (χ0n) is 15.3. The molecule has 0 bridgehead atoms. The molecule has 1 aromatic heterocycles. The summed E-state index contributed by atoms with van der Waals surface area (Å²) in [6.07, 6.45) is 6.14. The van der Waals surface area contributed by atoms with Crippen LogP contribution in [-0.4, -0.2) is 36.2 Å². The van der Waals surface area contributed by atoms with Crippen molar-refractivity contribution in [2.75, 3.05) is 11.2 Å². The molecule has 1 unspecified atom stereocenters. The van der Waals surface area contributed by atoms with E-state index in [0.717, 1.165) is 22.9 Å². The van der Waals surface area contributed by atoms with E-state index in [1.807, 2.05) is 25.4 Å². The van der Waals surface area contributed by atoms with Crippen LogP contribution in [0, 0.1) is 6.92 Å². The molecule has 26 heavy (non-hydrogen) atoms. The Morgan fingerprint density at radius 1 is 1.19 bits per heavy atom. The average molecular weight is 373 g/mol. The summed E-state index contributed by atoms with van der Waals surface area (Å²) in [7, 11) is -3.22. The number of anilines is 1. The van der Waals surface area contributed by atoms with Crippen molar-refractivity contribution in [2.45, 2.75) is 38.0 Å². The van der Waals surface area contributed by atoms with Gasteiger partial charge >= 0.3 is 0 Å². The summed E-state index contributed by atoms with van der Waals surface area (Å²) in [5.41, 5.74) is 8.71. The van der Waals surface area contributed by atoms with E-state index in [0.29, 0.717) is 0 Å². The molecule has 7 nitrogen and oxygen atoms in total. The number of sulfone groups is 1. The zero-order chi connectivity index (χ0) is 19.1. The molecule has 0 fully saturated rings. The van der Waals surface area contributed by atoms with Gasteiger partial charge in [-0.3, -0.25) is 5.73 Å². The summed E-state index contributed by atoms with van der Waals surface area (Å²) in [6.45, 7) is 6.16. The van der Waals surface area contributed by atoms with Crippen LogP contribution < -0.4 is 10.6 Å². The van der Waals surface area contributed by atoms with Crippen molar-refractivity contribution in [3.8, 4) is 0 Å². The molecule has 0 radical (unpaired) electrons. The lowest BCUT2D eigenvalue weighted by molar-refractivity contribution is 0.578. The van der Waals surface area contributed by atoms with Gasteiger partial charge in [0.25, 0.3) is 0 Å². The number of aromatic nitrogens is 2. The molecule has 3 rings (SSSR count). The van der Waals surface area contributed by atoms with Crippen LogP contribution in [0.25, 0.3) is 0 Å². The predicted molar refractivity (Wildman–Crippen MR) is 103 cm³/mol. The van der Waals surface area contributed by atoms with E-state index < -0.39 is 16.1 Å². The minimum atomic E-state index is -3.22. The van der Waals surface area contributed by atoms with Crippen molar-refractivity contribution in [3.63, 3.8) is 0 Å². The van der Waals surface area contributed by atoms with Gasteiger partial charge in [0.15, 0.2) is 16.1 Å². The number of allylic oxidation sites excluding steroid dienone is 1. The van der Waals surface area contributed by atoms with Gasteiger partial charge in [0.2, 0.25) is 0 Å². The number of hydrogen-bond donors (Lipinski definition) is 1. The van der Waals surface area contributed by atoms with Crippen molar-refractivity contribution >= 4 is 21.2 Å². The zero-order valence-corrected chi connectivity index (χ0v) is 16.1. The quantitative estimate of drug-likeness (QED) is 0.887. The first kappa shape index (κ1) is 18.3. The molecule has 1 atom stereocenters. The highest BCUT2D eigenvalue weighted by Crippen LogP contribution is 2.23. The predicted octanol–water partition coefficient (Wildman–Crippen LogP) is 2.24. The Morgan fingerprint density at radius 3 is 2.38 bits per heavy atom. The number of aryl methyl sites for hydroxylation is 1. The smallest absolute Gasteiger partial charge is 0.178 e. The van der Waals surface area contributed by atoms with Gasteiger partial charge in [0, 0.05) is 24.2 Å². The Balaban J connectivity index is 1.88. The molecule has 0 spiro atoms. The van der Waals surface area contributed by atoms with Gasteiger partial charge in [-0.15, -0.1) is 0 Å². The monoisotopic (exact) mass is 373 g/mol. The lowest BCUT2D eigenvalue weighted by Gasteiger charge is -2.28. The van der Waals surface area contributed by atoms with Crippen LogP contribution in [0.5, 0.6) is 0 Å². The van der Waals surface area contributed by atoms with Gasteiger partial charge in [0.05, 0.1) is 22.5 Å². The van der Waals surface area contributed by atoms with E-state index in [1.54, 1.807) is 29.2 Å². The highest BCUT2D eigenvalue weighted by molar-refractivity contribution is 7.90. The molecule has 1 aliphatic heterocycles. The van der Waals surface area contributed by atoms with Gasteiger partial charge in [-0.1, -0.05) is 0 Å². The van der Waals surface area contributed by atoms with Crippen molar-refractivity contribution in [3.05, 3.63) is 54.3 Å². The lowest BCUT2D eigenvalue weighted by atomic mass is 10.2. The minimum Gasteiger partial charge on any atom is -0.324 e. The van der Waals surface area contributed by atoms with Gasteiger partial charge < -0.3 is 9.47 Å². The molecule has 2 aromatic rings. The number of nitrogens with zero attached hydrogens (tertiary/aromatic N) is 4. The largest absolute Gasteiger partial charge is 0.324 e. The highest BCUT2D eigenvalue weighted by atomic mass is 32.2.